The molecule has 0 unspecified atom stereocenters. The van der Waals surface area contributed by atoms with Crippen LogP contribution in [0.3, 0.4) is 0 Å². The van der Waals surface area contributed by atoms with Crippen molar-refractivity contribution >= 4 is 29.1 Å². The zero-order valence-electron chi connectivity index (χ0n) is 11.6. The predicted octanol–water partition coefficient (Wildman–Crippen LogP) is 2.93. The van der Waals surface area contributed by atoms with Gasteiger partial charge in [0.25, 0.3) is 0 Å². The quantitative estimate of drug-likeness (QED) is 0.908. The second-order valence-corrected chi connectivity index (χ2v) is 5.53. The molecule has 1 fully saturated rings. The third-order valence-corrected chi connectivity index (χ3v) is 3.73. The molecule has 1 aromatic carbocycles. The number of nitrogens with one attached hydrogen (secondary N) is 1. The molecule has 0 spiro atoms. The Kier molecular flexibility index (Phi) is 5.01. The van der Waals surface area contributed by atoms with Crippen LogP contribution in [0.4, 0.5) is 5.69 Å². The first-order chi connectivity index (χ1) is 9.60. The molecule has 4 nitrogen and oxygen atoms in total. The Morgan fingerprint density at radius 3 is 2.75 bits per heavy atom. The van der Waals surface area contributed by atoms with Gasteiger partial charge in [-0.2, -0.15) is 0 Å². The van der Waals surface area contributed by atoms with Crippen LogP contribution in [0.15, 0.2) is 24.3 Å². The molecule has 1 N–H and O–H groups in total. The highest BCUT2D eigenvalue weighted by atomic mass is 35.5. The van der Waals surface area contributed by atoms with Gasteiger partial charge in [-0.15, -0.1) is 0 Å². The van der Waals surface area contributed by atoms with Crippen LogP contribution in [0.2, 0.25) is 5.02 Å². The summed E-state index contributed by atoms with van der Waals surface area (Å²) in [6, 6.07) is 6.97. The molecule has 2 rings (SSSR count). The van der Waals surface area contributed by atoms with Crippen molar-refractivity contribution in [2.75, 3.05) is 18.4 Å². The molecule has 1 saturated heterocycles. The minimum absolute atomic E-state index is 0.0784. The number of rotatable bonds is 5. The molecule has 0 radical (unpaired) electrons. The van der Waals surface area contributed by atoms with E-state index < -0.39 is 0 Å². The smallest absolute Gasteiger partial charge is 0.229 e. The number of likely N-dealkylation sites (tertiary alicyclic amines) is 1. The number of hydrogen-bond acceptors (Lipinski definition) is 2. The third kappa shape index (κ3) is 3.73. The van der Waals surface area contributed by atoms with Crippen molar-refractivity contribution in [3.63, 3.8) is 0 Å². The van der Waals surface area contributed by atoms with Crippen molar-refractivity contribution in [1.29, 1.82) is 0 Å². The first-order valence-electron chi connectivity index (χ1n) is 6.94. The first-order valence-corrected chi connectivity index (χ1v) is 7.32. The fourth-order valence-electron chi connectivity index (χ4n) is 2.29. The van der Waals surface area contributed by atoms with Crippen molar-refractivity contribution in [2.45, 2.75) is 26.2 Å². The minimum atomic E-state index is -0.255. The largest absolute Gasteiger partial charge is 0.342 e. The number of halogens is 1. The SMILES string of the molecule is CCCCN1C[C@H](C(=O)Nc2ccc(Cl)cc2)CC1=O. The lowest BCUT2D eigenvalue weighted by Crippen LogP contribution is -2.29. The van der Waals surface area contributed by atoms with E-state index in [-0.39, 0.29) is 17.7 Å². The van der Waals surface area contributed by atoms with Crippen LogP contribution in [0.1, 0.15) is 26.2 Å². The normalized spacial score (nSPS) is 18.4. The van der Waals surface area contributed by atoms with Gasteiger partial charge in [-0.05, 0) is 30.7 Å². The number of nitrogens with zero attached hydrogens (tertiary/aromatic N) is 1. The highest BCUT2D eigenvalue weighted by molar-refractivity contribution is 6.30. The van der Waals surface area contributed by atoms with Gasteiger partial charge in [0.15, 0.2) is 0 Å². The molecule has 2 amide bonds. The molecular weight excluding hydrogens is 276 g/mol. The first kappa shape index (κ1) is 14.9. The molecule has 5 heteroatoms. The Balaban J connectivity index is 1.90. The van der Waals surface area contributed by atoms with Gasteiger partial charge in [0, 0.05) is 30.2 Å². The standard InChI is InChI=1S/C15H19ClN2O2/c1-2-3-8-18-10-11(9-14(18)19)15(20)17-13-6-4-12(16)5-7-13/h4-7,11H,2-3,8-10H2,1H3,(H,17,20)/t11-/m1/s1. The van der Waals surface area contributed by atoms with Crippen molar-refractivity contribution in [2.24, 2.45) is 5.92 Å². The molecule has 20 heavy (non-hydrogen) atoms. The maximum atomic E-state index is 12.1. The second kappa shape index (κ2) is 6.75. The monoisotopic (exact) mass is 294 g/mol. The number of benzene rings is 1. The molecule has 0 bridgehead atoms. The molecule has 1 aliphatic heterocycles. The van der Waals surface area contributed by atoms with Gasteiger partial charge >= 0.3 is 0 Å². The van der Waals surface area contributed by atoms with Gasteiger partial charge in [0.2, 0.25) is 11.8 Å². The summed E-state index contributed by atoms with van der Waals surface area (Å²) in [7, 11) is 0. The molecule has 0 saturated carbocycles. The molecule has 0 aliphatic carbocycles. The second-order valence-electron chi connectivity index (χ2n) is 5.09. The van der Waals surface area contributed by atoms with E-state index in [1.54, 1.807) is 29.2 Å². The molecular formula is C15H19ClN2O2. The van der Waals surface area contributed by atoms with E-state index in [0.717, 1.165) is 19.4 Å². The maximum absolute atomic E-state index is 12.1. The number of unbranched alkanes of at least 4 members (excludes halogenated alkanes) is 1. The van der Waals surface area contributed by atoms with Gasteiger partial charge in [-0.3, -0.25) is 9.59 Å². The summed E-state index contributed by atoms with van der Waals surface area (Å²) >= 11 is 5.80. The Hall–Kier alpha value is -1.55. The molecule has 1 aromatic rings. The van der Waals surface area contributed by atoms with Crippen LogP contribution >= 0.6 is 11.6 Å². The summed E-state index contributed by atoms with van der Waals surface area (Å²) in [6.07, 6.45) is 2.34. The van der Waals surface area contributed by atoms with E-state index in [2.05, 4.69) is 12.2 Å². The van der Waals surface area contributed by atoms with E-state index in [1.165, 1.54) is 0 Å². The summed E-state index contributed by atoms with van der Waals surface area (Å²) in [6.45, 7) is 3.36. The Morgan fingerprint density at radius 2 is 2.10 bits per heavy atom. The van der Waals surface area contributed by atoms with E-state index >= 15 is 0 Å². The van der Waals surface area contributed by atoms with Gasteiger partial charge in [0.05, 0.1) is 5.92 Å². The number of hydrogen-bond donors (Lipinski definition) is 1. The van der Waals surface area contributed by atoms with Gasteiger partial charge in [-0.1, -0.05) is 24.9 Å². The Labute approximate surface area is 124 Å². The van der Waals surface area contributed by atoms with E-state index in [1.807, 2.05) is 0 Å². The fourth-order valence-corrected chi connectivity index (χ4v) is 2.42. The summed E-state index contributed by atoms with van der Waals surface area (Å²) in [5.74, 6) is -0.274. The van der Waals surface area contributed by atoms with Gasteiger partial charge in [0.1, 0.15) is 0 Å². The van der Waals surface area contributed by atoms with Crippen LogP contribution in [0, 0.1) is 5.92 Å². The van der Waals surface area contributed by atoms with Gasteiger partial charge < -0.3 is 10.2 Å². The average Bonchev–Trinajstić information content (AvgIpc) is 2.80. The highest BCUT2D eigenvalue weighted by Gasteiger charge is 2.33. The number of carbonyl (C=O) groups is 2. The van der Waals surface area contributed by atoms with Crippen LogP contribution in [-0.4, -0.2) is 29.8 Å². The summed E-state index contributed by atoms with van der Waals surface area (Å²) in [5.41, 5.74) is 0.707. The number of amides is 2. The van der Waals surface area contributed by atoms with Crippen LogP contribution in [0.25, 0.3) is 0 Å². The molecule has 1 heterocycles. The summed E-state index contributed by atoms with van der Waals surface area (Å²) < 4.78 is 0. The Bertz CT molecular complexity index is 487. The van der Waals surface area contributed by atoms with E-state index in [9.17, 15) is 9.59 Å². The van der Waals surface area contributed by atoms with Crippen LogP contribution < -0.4 is 5.32 Å². The zero-order chi connectivity index (χ0) is 14.5. The Morgan fingerprint density at radius 1 is 1.40 bits per heavy atom. The lowest BCUT2D eigenvalue weighted by molar-refractivity contribution is -0.128. The lowest BCUT2D eigenvalue weighted by Gasteiger charge is -2.15. The third-order valence-electron chi connectivity index (χ3n) is 3.48. The van der Waals surface area contributed by atoms with E-state index in [0.29, 0.717) is 23.7 Å². The van der Waals surface area contributed by atoms with Crippen molar-refractivity contribution in [3.8, 4) is 0 Å². The topological polar surface area (TPSA) is 49.4 Å². The molecule has 108 valence electrons. The zero-order valence-corrected chi connectivity index (χ0v) is 12.3. The van der Waals surface area contributed by atoms with Crippen LogP contribution in [-0.2, 0) is 9.59 Å². The van der Waals surface area contributed by atoms with Crippen molar-refractivity contribution in [1.82, 2.24) is 4.90 Å². The number of carbonyl (C=O) groups excluding carboxylic acids is 2. The fraction of sp³-hybridized carbons (Fsp3) is 0.467. The van der Waals surface area contributed by atoms with Crippen molar-refractivity contribution < 1.29 is 9.59 Å². The highest BCUT2D eigenvalue weighted by Crippen LogP contribution is 2.21. The predicted molar refractivity (Wildman–Crippen MR) is 79.7 cm³/mol. The molecule has 1 atom stereocenters. The van der Waals surface area contributed by atoms with E-state index in [4.69, 9.17) is 11.6 Å². The maximum Gasteiger partial charge on any atom is 0.229 e. The number of anilines is 1. The molecule has 1 aliphatic rings. The van der Waals surface area contributed by atoms with Crippen LogP contribution in [0.5, 0.6) is 0 Å². The average molecular weight is 295 g/mol. The summed E-state index contributed by atoms with van der Waals surface area (Å²) in [5, 5.41) is 3.46. The lowest BCUT2D eigenvalue weighted by atomic mass is 10.1. The van der Waals surface area contributed by atoms with Crippen molar-refractivity contribution in [3.05, 3.63) is 29.3 Å². The van der Waals surface area contributed by atoms with Gasteiger partial charge in [-0.25, -0.2) is 0 Å². The summed E-state index contributed by atoms with van der Waals surface area (Å²) in [4.78, 5) is 25.7. The molecule has 0 aromatic heterocycles. The minimum Gasteiger partial charge on any atom is -0.342 e.